The van der Waals surface area contributed by atoms with Crippen molar-refractivity contribution in [3.63, 3.8) is 0 Å². The van der Waals surface area contributed by atoms with Crippen molar-refractivity contribution in [1.29, 1.82) is 0 Å². The van der Waals surface area contributed by atoms with Crippen LogP contribution in [0.1, 0.15) is 20.8 Å². The smallest absolute Gasteiger partial charge is 0.303 e. The molecule has 1 amide bonds. The maximum Gasteiger partial charge on any atom is 0.303 e. The minimum Gasteiger partial charge on any atom is -0.463 e. The second-order valence-electron chi connectivity index (χ2n) is 9.77. The Labute approximate surface area is 271 Å². The van der Waals surface area contributed by atoms with Crippen LogP contribution in [0.15, 0.2) is 35.2 Å². The van der Waals surface area contributed by atoms with Gasteiger partial charge in [-0.1, -0.05) is 64.8 Å². The third-order valence-corrected chi connectivity index (χ3v) is 8.03. The summed E-state index contributed by atoms with van der Waals surface area (Å²) in [7, 11) is 0. The van der Waals surface area contributed by atoms with Crippen LogP contribution in [0.25, 0.3) is 0 Å². The first-order chi connectivity index (χ1) is 20.6. The summed E-state index contributed by atoms with van der Waals surface area (Å²) in [5.74, 6) is -3.59. The quantitative estimate of drug-likeness (QED) is 0.150. The SMILES string of the molecule is CC(=O)OC[C@H]1O[C@@H](OC[C@H]2O[C@@H](Sc3ccccc3)[C@H](O)[C@@H](O)[C@@H]2O)[C@H](NC(=O)C(Cl)(Cl)Cl)[C@@H](OC(C)=O)[C@@H]1OC(C)=O. The van der Waals surface area contributed by atoms with Gasteiger partial charge in [0.15, 0.2) is 18.5 Å². The first-order valence-corrected chi connectivity index (χ1v) is 15.1. The van der Waals surface area contributed by atoms with E-state index in [1.165, 1.54) is 0 Å². The van der Waals surface area contributed by atoms with Crippen LogP contribution in [0.2, 0.25) is 0 Å². The Kier molecular flexibility index (Phi) is 13.3. The van der Waals surface area contributed by atoms with Crippen LogP contribution in [0.5, 0.6) is 0 Å². The molecule has 0 saturated carbocycles. The Bertz CT molecular complexity index is 1160. The molecule has 0 bridgehead atoms. The van der Waals surface area contributed by atoms with Crippen LogP contribution >= 0.6 is 46.6 Å². The van der Waals surface area contributed by atoms with Gasteiger partial charge in [-0.05, 0) is 12.1 Å². The molecule has 2 fully saturated rings. The van der Waals surface area contributed by atoms with Crippen molar-refractivity contribution in [2.75, 3.05) is 13.2 Å². The number of rotatable bonds is 10. The molecule has 10 atom stereocenters. The zero-order chi connectivity index (χ0) is 32.8. The number of thioether (sulfide) groups is 1. The molecular weight excluding hydrogens is 673 g/mol. The Hall–Kier alpha value is -1.92. The summed E-state index contributed by atoms with van der Waals surface area (Å²) in [6, 6.07) is 7.34. The van der Waals surface area contributed by atoms with Crippen molar-refractivity contribution in [1.82, 2.24) is 5.32 Å². The molecule has 1 aromatic carbocycles. The summed E-state index contributed by atoms with van der Waals surface area (Å²) >= 11 is 18.3. The van der Waals surface area contributed by atoms with E-state index >= 15 is 0 Å². The average Bonchev–Trinajstić information content (AvgIpc) is 2.93. The number of hydrogen-bond acceptors (Lipinski definition) is 14. The van der Waals surface area contributed by atoms with E-state index in [9.17, 15) is 34.5 Å². The van der Waals surface area contributed by atoms with Gasteiger partial charge in [0.2, 0.25) is 0 Å². The molecule has 246 valence electrons. The molecule has 1 aromatic rings. The third-order valence-electron chi connectivity index (χ3n) is 6.35. The molecule has 14 nitrogen and oxygen atoms in total. The maximum absolute atomic E-state index is 12.7. The molecule has 0 radical (unpaired) electrons. The highest BCUT2D eigenvalue weighted by atomic mass is 35.6. The van der Waals surface area contributed by atoms with Gasteiger partial charge in [0.05, 0.1) is 6.61 Å². The zero-order valence-electron chi connectivity index (χ0n) is 23.5. The summed E-state index contributed by atoms with van der Waals surface area (Å²) < 4.78 is 31.0. The lowest BCUT2D eigenvalue weighted by Gasteiger charge is -2.46. The number of carbonyl (C=O) groups is 4. The number of nitrogens with one attached hydrogen (secondary N) is 1. The normalized spacial score (nSPS) is 32.3. The number of amides is 1. The fourth-order valence-corrected chi connectivity index (χ4v) is 5.65. The predicted molar refractivity (Wildman–Crippen MR) is 154 cm³/mol. The first-order valence-electron chi connectivity index (χ1n) is 13.1. The molecule has 0 aromatic heterocycles. The summed E-state index contributed by atoms with van der Waals surface area (Å²) in [4.78, 5) is 49.1. The molecule has 4 N–H and O–H groups in total. The molecule has 0 aliphatic carbocycles. The van der Waals surface area contributed by atoms with E-state index in [2.05, 4.69) is 5.32 Å². The first kappa shape index (κ1) is 36.5. The second-order valence-corrected chi connectivity index (χ2v) is 13.2. The molecule has 3 rings (SSSR count). The minimum atomic E-state index is -2.50. The molecule has 44 heavy (non-hydrogen) atoms. The van der Waals surface area contributed by atoms with E-state index in [1.807, 2.05) is 0 Å². The summed E-state index contributed by atoms with van der Waals surface area (Å²) in [5, 5.41) is 34.1. The number of halogens is 3. The Balaban J connectivity index is 1.91. The van der Waals surface area contributed by atoms with Gasteiger partial charge < -0.3 is 49.1 Å². The average molecular weight is 705 g/mol. The number of aliphatic hydroxyl groups excluding tert-OH is 3. The second kappa shape index (κ2) is 16.1. The van der Waals surface area contributed by atoms with Crippen molar-refractivity contribution < 1.29 is 62.9 Å². The number of benzene rings is 1. The van der Waals surface area contributed by atoms with Crippen LogP contribution in [0.3, 0.4) is 0 Å². The van der Waals surface area contributed by atoms with E-state index in [0.717, 1.165) is 32.5 Å². The number of ether oxygens (including phenoxy) is 6. The number of carbonyl (C=O) groups excluding carboxylic acids is 4. The van der Waals surface area contributed by atoms with Gasteiger partial charge in [-0.3, -0.25) is 19.2 Å². The molecular formula is C26H32Cl3NO13S. The lowest BCUT2D eigenvalue weighted by molar-refractivity contribution is -0.290. The van der Waals surface area contributed by atoms with Crippen molar-refractivity contribution in [2.45, 2.75) is 90.0 Å². The fraction of sp³-hybridized carbons (Fsp3) is 0.615. The zero-order valence-corrected chi connectivity index (χ0v) is 26.6. The molecule has 0 spiro atoms. The van der Waals surface area contributed by atoms with Crippen LogP contribution in [0, 0.1) is 0 Å². The largest absolute Gasteiger partial charge is 0.463 e. The molecule has 18 heteroatoms. The Morgan fingerprint density at radius 3 is 2.02 bits per heavy atom. The van der Waals surface area contributed by atoms with Crippen molar-refractivity contribution >= 4 is 70.4 Å². The number of alkyl halides is 3. The van der Waals surface area contributed by atoms with Gasteiger partial charge >= 0.3 is 17.9 Å². The summed E-state index contributed by atoms with van der Waals surface area (Å²) in [6.45, 7) is 2.22. The van der Waals surface area contributed by atoms with Gasteiger partial charge in [-0.2, -0.15) is 0 Å². The number of hydrogen-bond donors (Lipinski definition) is 4. The fourth-order valence-electron chi connectivity index (χ4n) is 4.41. The van der Waals surface area contributed by atoms with E-state index in [1.54, 1.807) is 30.3 Å². The van der Waals surface area contributed by atoms with E-state index < -0.39 is 101 Å². The van der Waals surface area contributed by atoms with Crippen molar-refractivity contribution in [3.05, 3.63) is 30.3 Å². The predicted octanol–water partition coefficient (Wildman–Crippen LogP) is 0.609. The molecule has 2 aliphatic heterocycles. The summed E-state index contributed by atoms with van der Waals surface area (Å²) in [6.07, 6.45) is -11.9. The minimum absolute atomic E-state index is 0.501. The standard InChI is InChI=1S/C26H32Cl3NO13S/c1-11(31)38-10-16-21(40-12(2)32)22(41-13(3)33)17(30-25(37)26(27,28)29)23(42-16)39-9-15-18(34)19(35)20(36)24(43-15)44-14-7-5-4-6-8-14/h4-8,15-24,34-36H,9-10H2,1-3H3,(H,30,37)/t15-,16-,17-,18-,19+,20-,21-,22-,23-,24+/m1/s1. The third kappa shape index (κ3) is 10.0. The van der Waals surface area contributed by atoms with E-state index in [0.29, 0.717) is 4.90 Å². The molecule has 2 saturated heterocycles. The van der Waals surface area contributed by atoms with Gasteiger partial charge in [-0.15, -0.1) is 0 Å². The number of esters is 3. The van der Waals surface area contributed by atoms with Gasteiger partial charge in [0.1, 0.15) is 48.6 Å². The topological polar surface area (TPSA) is 196 Å². The monoisotopic (exact) mass is 703 g/mol. The summed E-state index contributed by atoms with van der Waals surface area (Å²) in [5.41, 5.74) is -1.03. The molecule has 0 unspecified atom stereocenters. The van der Waals surface area contributed by atoms with Crippen molar-refractivity contribution in [2.24, 2.45) is 0 Å². The van der Waals surface area contributed by atoms with E-state index in [4.69, 9.17) is 63.2 Å². The Morgan fingerprint density at radius 1 is 0.841 bits per heavy atom. The van der Waals surface area contributed by atoms with Crippen molar-refractivity contribution in [3.8, 4) is 0 Å². The molecule has 2 aliphatic rings. The van der Waals surface area contributed by atoms with E-state index in [-0.39, 0.29) is 0 Å². The van der Waals surface area contributed by atoms with Crippen LogP contribution in [-0.2, 0) is 47.6 Å². The van der Waals surface area contributed by atoms with Crippen LogP contribution in [0.4, 0.5) is 0 Å². The highest BCUT2D eigenvalue weighted by Crippen LogP contribution is 2.35. The van der Waals surface area contributed by atoms with Gasteiger partial charge in [0, 0.05) is 25.7 Å². The Morgan fingerprint density at radius 2 is 1.45 bits per heavy atom. The maximum atomic E-state index is 12.7. The van der Waals surface area contributed by atoms with Gasteiger partial charge in [0.25, 0.3) is 9.70 Å². The van der Waals surface area contributed by atoms with Crippen LogP contribution < -0.4 is 5.32 Å². The highest BCUT2D eigenvalue weighted by Gasteiger charge is 2.53. The number of aliphatic hydroxyl groups is 3. The highest BCUT2D eigenvalue weighted by molar-refractivity contribution is 7.99. The van der Waals surface area contributed by atoms with Gasteiger partial charge in [-0.25, -0.2) is 0 Å². The lowest BCUT2D eigenvalue weighted by Crippen LogP contribution is -2.68. The van der Waals surface area contributed by atoms with Crippen LogP contribution in [-0.4, -0.2) is 117 Å². The lowest BCUT2D eigenvalue weighted by atomic mass is 9.95. The molecule has 2 heterocycles.